The van der Waals surface area contributed by atoms with Crippen LogP contribution < -0.4 is 15.6 Å². The molecule has 2 aliphatic heterocycles. The van der Waals surface area contributed by atoms with Crippen molar-refractivity contribution >= 4 is 40.7 Å². The van der Waals surface area contributed by atoms with Crippen LogP contribution in [0.2, 0.25) is 0 Å². The van der Waals surface area contributed by atoms with Gasteiger partial charge in [0, 0.05) is 37.3 Å². The highest BCUT2D eigenvalue weighted by Crippen LogP contribution is 2.39. The molecule has 0 spiro atoms. The van der Waals surface area contributed by atoms with Crippen molar-refractivity contribution in [3.63, 3.8) is 0 Å². The van der Waals surface area contributed by atoms with Crippen molar-refractivity contribution in [1.82, 2.24) is 14.8 Å². The smallest absolute Gasteiger partial charge is 0.259 e. The Morgan fingerprint density at radius 2 is 1.90 bits per heavy atom. The molecule has 4 rings (SSSR count). The van der Waals surface area contributed by atoms with Gasteiger partial charge in [0.25, 0.3) is 11.5 Å². The number of aromatic nitrogens is 1. The minimum atomic E-state index is -1.77. The predicted octanol–water partition coefficient (Wildman–Crippen LogP) is 3.30. The topological polar surface area (TPSA) is 63.6 Å². The highest BCUT2D eigenvalue weighted by atomic mass is 35.6. The van der Waals surface area contributed by atoms with Gasteiger partial charge in [-0.15, -0.1) is 0 Å². The van der Waals surface area contributed by atoms with Gasteiger partial charge in [-0.05, 0) is 42.7 Å². The Bertz CT molecular complexity index is 1010. The Morgan fingerprint density at radius 3 is 2.61 bits per heavy atom. The zero-order chi connectivity index (χ0) is 22.2. The molecule has 1 saturated heterocycles. The molecule has 1 aromatic carbocycles. The summed E-state index contributed by atoms with van der Waals surface area (Å²) in [6, 6.07) is 10.6. The Labute approximate surface area is 193 Å². The number of nitrogens with one attached hydrogen (secondary N) is 1. The van der Waals surface area contributed by atoms with Gasteiger partial charge in [-0.25, -0.2) is 4.39 Å². The summed E-state index contributed by atoms with van der Waals surface area (Å²) in [5, 5.41) is 2.76. The molecule has 1 aromatic heterocycles. The summed E-state index contributed by atoms with van der Waals surface area (Å²) < 4.78 is 18.4. The molecule has 6 nitrogen and oxygen atoms in total. The van der Waals surface area contributed by atoms with E-state index in [-0.39, 0.29) is 24.0 Å². The number of rotatable bonds is 5. The average Bonchev–Trinajstić information content (AvgIpc) is 2.71. The molecule has 1 N–H and O–H groups in total. The lowest BCUT2D eigenvalue weighted by molar-refractivity contribution is -0.125. The fraction of sp³-hybridized carbons (Fsp3) is 0.429. The first-order chi connectivity index (χ1) is 14.7. The molecule has 3 heterocycles. The summed E-state index contributed by atoms with van der Waals surface area (Å²) in [4.78, 5) is 26.7. The van der Waals surface area contributed by atoms with E-state index in [4.69, 9.17) is 39.5 Å². The van der Waals surface area contributed by atoms with E-state index in [1.165, 1.54) is 24.3 Å². The fourth-order valence-corrected chi connectivity index (χ4v) is 4.98. The Kier molecular flexibility index (Phi) is 6.49. The van der Waals surface area contributed by atoms with Gasteiger partial charge in [0.2, 0.25) is 3.79 Å². The molecule has 2 bridgehead atoms. The first kappa shape index (κ1) is 22.4. The van der Waals surface area contributed by atoms with E-state index >= 15 is 0 Å². The number of hydrogen-bond donors (Lipinski definition) is 1. The number of carbonyl (C=O) groups is 1. The van der Waals surface area contributed by atoms with Gasteiger partial charge >= 0.3 is 0 Å². The number of benzene rings is 1. The van der Waals surface area contributed by atoms with E-state index in [0.717, 1.165) is 12.1 Å². The quantitative estimate of drug-likeness (QED) is 0.656. The molecule has 0 aliphatic carbocycles. The molecule has 31 heavy (non-hydrogen) atoms. The lowest BCUT2D eigenvalue weighted by Gasteiger charge is -2.47. The van der Waals surface area contributed by atoms with Crippen LogP contribution >= 0.6 is 34.8 Å². The van der Waals surface area contributed by atoms with Gasteiger partial charge < -0.3 is 14.6 Å². The molecular formula is C21H21Cl3FN3O3. The van der Waals surface area contributed by atoms with Gasteiger partial charge in [-0.1, -0.05) is 40.9 Å². The summed E-state index contributed by atoms with van der Waals surface area (Å²) in [6.45, 7) is 1.41. The summed E-state index contributed by atoms with van der Waals surface area (Å²) in [7, 11) is 0. The molecule has 166 valence electrons. The minimum Gasteiger partial charge on any atom is -0.484 e. The Hall–Kier alpha value is -1.80. The number of likely N-dealkylation sites (tertiary alicyclic amines) is 1. The maximum Gasteiger partial charge on any atom is 0.259 e. The van der Waals surface area contributed by atoms with Crippen molar-refractivity contribution in [2.45, 2.75) is 28.8 Å². The van der Waals surface area contributed by atoms with Crippen molar-refractivity contribution < 1.29 is 13.9 Å². The summed E-state index contributed by atoms with van der Waals surface area (Å²) in [5.41, 5.74) is 0.951. The molecule has 3 atom stereocenters. The van der Waals surface area contributed by atoms with Crippen LogP contribution in [-0.4, -0.2) is 45.0 Å². The zero-order valence-corrected chi connectivity index (χ0v) is 18.7. The molecule has 1 fully saturated rings. The average molecular weight is 489 g/mol. The van der Waals surface area contributed by atoms with Gasteiger partial charge in [-0.2, -0.15) is 0 Å². The van der Waals surface area contributed by atoms with Crippen molar-refractivity contribution in [3.05, 3.63) is 64.3 Å². The third-order valence-corrected chi connectivity index (χ3v) is 6.28. The second-order valence-corrected chi connectivity index (χ2v) is 10.3. The number of piperidine rings is 1. The maximum absolute atomic E-state index is 13.0. The number of pyridine rings is 1. The maximum atomic E-state index is 13.0. The lowest BCUT2D eigenvalue weighted by Crippen LogP contribution is -2.60. The number of halogens is 4. The fourth-order valence-electron chi connectivity index (χ4n) is 4.40. The molecule has 2 aliphatic rings. The van der Waals surface area contributed by atoms with Crippen LogP contribution in [0.15, 0.2) is 47.3 Å². The summed E-state index contributed by atoms with van der Waals surface area (Å²) >= 11 is 18.7. The molecular weight excluding hydrogens is 468 g/mol. The van der Waals surface area contributed by atoms with Gasteiger partial charge in [-0.3, -0.25) is 14.5 Å². The van der Waals surface area contributed by atoms with E-state index < -0.39 is 21.7 Å². The predicted molar refractivity (Wildman–Crippen MR) is 117 cm³/mol. The highest BCUT2D eigenvalue weighted by Gasteiger charge is 2.44. The van der Waals surface area contributed by atoms with Crippen molar-refractivity contribution in [1.29, 1.82) is 0 Å². The van der Waals surface area contributed by atoms with E-state index in [9.17, 15) is 14.0 Å². The van der Waals surface area contributed by atoms with Crippen molar-refractivity contribution in [3.8, 4) is 5.75 Å². The third-order valence-electron chi connectivity index (χ3n) is 5.66. The van der Waals surface area contributed by atoms with Crippen LogP contribution in [0.3, 0.4) is 0 Å². The summed E-state index contributed by atoms with van der Waals surface area (Å²) in [6.07, 6.45) is 0.0721. The number of alkyl halides is 3. The SMILES string of the molecule is O=C(COc1ccc(F)cc1)NC(N1C[C@@H]2C[C@H](C1)c1cccc(=O)n1C2)C(Cl)(Cl)Cl. The molecule has 10 heteroatoms. The van der Waals surface area contributed by atoms with Gasteiger partial charge in [0.15, 0.2) is 6.61 Å². The summed E-state index contributed by atoms with van der Waals surface area (Å²) in [5.74, 6) is -0.200. The second kappa shape index (κ2) is 8.98. The minimum absolute atomic E-state index is 0.00942. The zero-order valence-electron chi connectivity index (χ0n) is 16.4. The normalized spacial score (nSPS) is 21.8. The number of amides is 1. The molecule has 2 aromatic rings. The monoisotopic (exact) mass is 487 g/mol. The van der Waals surface area contributed by atoms with Crippen LogP contribution in [0.4, 0.5) is 4.39 Å². The molecule has 1 amide bonds. The Morgan fingerprint density at radius 1 is 1.16 bits per heavy atom. The number of ether oxygens (including phenoxy) is 1. The van der Waals surface area contributed by atoms with E-state index in [0.29, 0.717) is 25.4 Å². The third kappa shape index (κ3) is 5.17. The molecule has 0 saturated carbocycles. The van der Waals surface area contributed by atoms with Crippen molar-refractivity contribution in [2.75, 3.05) is 19.7 Å². The van der Waals surface area contributed by atoms with Gasteiger partial charge in [0.1, 0.15) is 17.7 Å². The number of hydrogen-bond acceptors (Lipinski definition) is 4. The van der Waals surface area contributed by atoms with Crippen LogP contribution in [0.25, 0.3) is 0 Å². The van der Waals surface area contributed by atoms with Crippen LogP contribution in [0, 0.1) is 11.7 Å². The van der Waals surface area contributed by atoms with Crippen LogP contribution in [-0.2, 0) is 11.3 Å². The first-order valence-corrected chi connectivity index (χ1v) is 11.0. The standard InChI is InChI=1S/C21H21Cl3FN3O3/c22-21(23,24)20(26-18(29)12-31-16-6-4-15(25)5-7-16)27-9-13-8-14(11-27)17-2-1-3-19(30)28(17)10-13/h1-7,13-14,20H,8-12H2,(H,26,29)/t13-,14+,20?/m0/s1. The number of fused-ring (bicyclic) bond motifs is 4. The second-order valence-electron chi connectivity index (χ2n) is 7.91. The molecule has 0 radical (unpaired) electrons. The van der Waals surface area contributed by atoms with Crippen LogP contribution in [0.1, 0.15) is 18.0 Å². The van der Waals surface area contributed by atoms with Gasteiger partial charge in [0.05, 0.1) is 0 Å². The number of nitrogens with zero attached hydrogens (tertiary/aromatic N) is 2. The van der Waals surface area contributed by atoms with E-state index in [2.05, 4.69) is 5.32 Å². The largest absolute Gasteiger partial charge is 0.484 e. The lowest BCUT2D eigenvalue weighted by atomic mass is 9.83. The molecule has 1 unspecified atom stereocenters. The van der Waals surface area contributed by atoms with E-state index in [1.807, 2.05) is 15.5 Å². The Balaban J connectivity index is 1.45. The highest BCUT2D eigenvalue weighted by molar-refractivity contribution is 6.68. The first-order valence-electron chi connectivity index (χ1n) is 9.89. The van der Waals surface area contributed by atoms with E-state index in [1.54, 1.807) is 12.1 Å². The van der Waals surface area contributed by atoms with Crippen LogP contribution in [0.5, 0.6) is 5.75 Å². The van der Waals surface area contributed by atoms with Crippen molar-refractivity contribution in [2.24, 2.45) is 5.92 Å². The number of carbonyl (C=O) groups excluding carboxylic acids is 1.